The molecule has 1 aromatic carbocycles. The highest BCUT2D eigenvalue weighted by Gasteiger charge is 2.19. The van der Waals surface area contributed by atoms with E-state index in [0.717, 1.165) is 30.3 Å². The first kappa shape index (κ1) is 15.4. The first-order valence-corrected chi connectivity index (χ1v) is 7.81. The van der Waals surface area contributed by atoms with Crippen LogP contribution in [-0.4, -0.2) is 30.6 Å². The quantitative estimate of drug-likeness (QED) is 0.823. The molecular formula is C17H25ClN2. The van der Waals surface area contributed by atoms with Crippen molar-refractivity contribution < 1.29 is 0 Å². The SMILES string of the molecule is CC(C)=CCN1CCC(Nc2c(C)cccc2Cl)CC1. The summed E-state index contributed by atoms with van der Waals surface area (Å²) in [6, 6.07) is 6.61. The highest BCUT2D eigenvalue weighted by Crippen LogP contribution is 2.27. The van der Waals surface area contributed by atoms with E-state index in [9.17, 15) is 0 Å². The van der Waals surface area contributed by atoms with Gasteiger partial charge in [-0.3, -0.25) is 4.90 Å². The van der Waals surface area contributed by atoms with Gasteiger partial charge in [0.1, 0.15) is 0 Å². The number of hydrogen-bond acceptors (Lipinski definition) is 2. The first-order valence-electron chi connectivity index (χ1n) is 7.43. The lowest BCUT2D eigenvalue weighted by Crippen LogP contribution is -2.39. The summed E-state index contributed by atoms with van der Waals surface area (Å²) < 4.78 is 0. The Hall–Kier alpha value is -0.990. The lowest BCUT2D eigenvalue weighted by atomic mass is 10.0. The van der Waals surface area contributed by atoms with Gasteiger partial charge in [0.25, 0.3) is 0 Å². The third kappa shape index (κ3) is 4.26. The van der Waals surface area contributed by atoms with Gasteiger partial charge in [0.15, 0.2) is 0 Å². The number of nitrogens with one attached hydrogen (secondary N) is 1. The molecule has 0 radical (unpaired) electrons. The summed E-state index contributed by atoms with van der Waals surface area (Å²) in [5.74, 6) is 0. The number of halogens is 1. The minimum atomic E-state index is 0.538. The van der Waals surface area contributed by atoms with E-state index in [1.165, 1.54) is 24.0 Å². The minimum absolute atomic E-state index is 0.538. The van der Waals surface area contributed by atoms with Crippen LogP contribution in [0.2, 0.25) is 5.02 Å². The molecule has 0 aliphatic carbocycles. The average molecular weight is 293 g/mol. The molecule has 1 fully saturated rings. The van der Waals surface area contributed by atoms with Crippen molar-refractivity contribution in [2.24, 2.45) is 0 Å². The molecule has 1 aliphatic heterocycles. The molecule has 2 nitrogen and oxygen atoms in total. The number of piperidine rings is 1. The zero-order valence-corrected chi connectivity index (χ0v) is 13.5. The Morgan fingerprint density at radius 1 is 1.35 bits per heavy atom. The largest absolute Gasteiger partial charge is 0.381 e. The Morgan fingerprint density at radius 3 is 2.65 bits per heavy atom. The summed E-state index contributed by atoms with van der Waals surface area (Å²) in [4.78, 5) is 2.52. The molecule has 1 N–H and O–H groups in total. The monoisotopic (exact) mass is 292 g/mol. The topological polar surface area (TPSA) is 15.3 Å². The fourth-order valence-electron chi connectivity index (χ4n) is 2.59. The smallest absolute Gasteiger partial charge is 0.0640 e. The second kappa shape index (κ2) is 7.14. The summed E-state index contributed by atoms with van der Waals surface area (Å²) >= 11 is 6.28. The number of hydrogen-bond donors (Lipinski definition) is 1. The Labute approximate surface area is 127 Å². The molecule has 0 bridgehead atoms. The lowest BCUT2D eigenvalue weighted by Gasteiger charge is -2.32. The van der Waals surface area contributed by atoms with Crippen LogP contribution >= 0.6 is 11.6 Å². The molecule has 0 amide bonds. The van der Waals surface area contributed by atoms with Gasteiger partial charge < -0.3 is 5.32 Å². The van der Waals surface area contributed by atoms with E-state index in [1.807, 2.05) is 12.1 Å². The second-order valence-electron chi connectivity index (χ2n) is 5.93. The van der Waals surface area contributed by atoms with Gasteiger partial charge in [-0.05, 0) is 45.2 Å². The summed E-state index contributed by atoms with van der Waals surface area (Å²) in [5, 5.41) is 4.46. The van der Waals surface area contributed by atoms with Crippen molar-refractivity contribution in [1.29, 1.82) is 0 Å². The van der Waals surface area contributed by atoms with Crippen molar-refractivity contribution in [3.8, 4) is 0 Å². The van der Waals surface area contributed by atoms with Crippen molar-refractivity contribution in [2.75, 3.05) is 25.0 Å². The average Bonchev–Trinajstić information content (AvgIpc) is 2.42. The zero-order chi connectivity index (χ0) is 14.5. The number of benzene rings is 1. The van der Waals surface area contributed by atoms with Crippen LogP contribution in [0.1, 0.15) is 32.3 Å². The van der Waals surface area contributed by atoms with Gasteiger partial charge in [0, 0.05) is 25.7 Å². The number of anilines is 1. The highest BCUT2D eigenvalue weighted by atomic mass is 35.5. The summed E-state index contributed by atoms with van der Waals surface area (Å²) in [5.41, 5.74) is 3.73. The molecule has 1 saturated heterocycles. The van der Waals surface area contributed by atoms with Crippen LogP contribution in [0, 0.1) is 6.92 Å². The van der Waals surface area contributed by atoms with Crippen molar-refractivity contribution in [1.82, 2.24) is 4.90 Å². The number of para-hydroxylation sites is 1. The molecule has 110 valence electrons. The minimum Gasteiger partial charge on any atom is -0.381 e. The van der Waals surface area contributed by atoms with Crippen molar-refractivity contribution in [2.45, 2.75) is 39.7 Å². The van der Waals surface area contributed by atoms with Gasteiger partial charge in [0.05, 0.1) is 10.7 Å². The summed E-state index contributed by atoms with van der Waals surface area (Å²) in [7, 11) is 0. The van der Waals surface area contributed by atoms with Gasteiger partial charge in [0.2, 0.25) is 0 Å². The number of likely N-dealkylation sites (tertiary alicyclic amines) is 1. The predicted molar refractivity (Wildman–Crippen MR) is 88.7 cm³/mol. The van der Waals surface area contributed by atoms with E-state index >= 15 is 0 Å². The van der Waals surface area contributed by atoms with E-state index < -0.39 is 0 Å². The molecule has 0 saturated carbocycles. The predicted octanol–water partition coefficient (Wildman–Crippen LogP) is 4.49. The van der Waals surface area contributed by atoms with Gasteiger partial charge in [-0.1, -0.05) is 35.4 Å². The van der Waals surface area contributed by atoms with Crippen molar-refractivity contribution >= 4 is 17.3 Å². The van der Waals surface area contributed by atoms with Crippen LogP contribution in [0.4, 0.5) is 5.69 Å². The van der Waals surface area contributed by atoms with Crippen LogP contribution in [0.5, 0.6) is 0 Å². The van der Waals surface area contributed by atoms with Crippen LogP contribution < -0.4 is 5.32 Å². The Bertz CT molecular complexity index is 450. The molecule has 2 rings (SSSR count). The van der Waals surface area contributed by atoms with E-state index in [1.54, 1.807) is 0 Å². The Kier molecular flexibility index (Phi) is 5.50. The van der Waals surface area contributed by atoms with Crippen LogP contribution in [0.3, 0.4) is 0 Å². The first-order chi connectivity index (χ1) is 9.56. The Balaban J connectivity index is 1.87. The van der Waals surface area contributed by atoms with Crippen molar-refractivity contribution in [3.05, 3.63) is 40.4 Å². The molecule has 1 aliphatic rings. The lowest BCUT2D eigenvalue weighted by molar-refractivity contribution is 0.240. The van der Waals surface area contributed by atoms with Crippen LogP contribution in [0.15, 0.2) is 29.8 Å². The third-order valence-electron chi connectivity index (χ3n) is 3.92. The van der Waals surface area contributed by atoms with Gasteiger partial charge >= 0.3 is 0 Å². The third-order valence-corrected chi connectivity index (χ3v) is 4.23. The molecule has 3 heteroatoms. The zero-order valence-electron chi connectivity index (χ0n) is 12.7. The molecular weight excluding hydrogens is 268 g/mol. The second-order valence-corrected chi connectivity index (χ2v) is 6.34. The highest BCUT2D eigenvalue weighted by molar-refractivity contribution is 6.33. The number of nitrogens with zero attached hydrogens (tertiary/aromatic N) is 1. The fraction of sp³-hybridized carbons (Fsp3) is 0.529. The number of aryl methyl sites for hydroxylation is 1. The van der Waals surface area contributed by atoms with Gasteiger partial charge in [-0.25, -0.2) is 0 Å². The molecule has 20 heavy (non-hydrogen) atoms. The molecule has 1 heterocycles. The molecule has 0 unspecified atom stereocenters. The Morgan fingerprint density at radius 2 is 2.05 bits per heavy atom. The molecule has 0 spiro atoms. The maximum Gasteiger partial charge on any atom is 0.0640 e. The fourth-order valence-corrected chi connectivity index (χ4v) is 2.87. The molecule has 0 aromatic heterocycles. The van der Waals surface area contributed by atoms with Gasteiger partial charge in [-0.15, -0.1) is 0 Å². The van der Waals surface area contributed by atoms with E-state index in [-0.39, 0.29) is 0 Å². The van der Waals surface area contributed by atoms with E-state index in [0.29, 0.717) is 6.04 Å². The summed E-state index contributed by atoms with van der Waals surface area (Å²) in [6.07, 6.45) is 4.68. The van der Waals surface area contributed by atoms with E-state index in [4.69, 9.17) is 11.6 Å². The summed E-state index contributed by atoms with van der Waals surface area (Å²) in [6.45, 7) is 9.83. The molecule has 1 aromatic rings. The van der Waals surface area contributed by atoms with E-state index in [2.05, 4.69) is 43.1 Å². The normalized spacial score (nSPS) is 17.0. The van der Waals surface area contributed by atoms with Crippen molar-refractivity contribution in [3.63, 3.8) is 0 Å². The standard InChI is InChI=1S/C17H25ClN2/c1-13(2)7-10-20-11-8-15(9-12-20)19-17-14(3)5-4-6-16(17)18/h4-7,15,19H,8-12H2,1-3H3. The molecule has 0 atom stereocenters. The van der Waals surface area contributed by atoms with Gasteiger partial charge in [-0.2, -0.15) is 0 Å². The number of rotatable bonds is 4. The maximum absolute atomic E-state index is 6.28. The maximum atomic E-state index is 6.28. The van der Waals surface area contributed by atoms with Crippen LogP contribution in [-0.2, 0) is 0 Å². The van der Waals surface area contributed by atoms with Crippen LogP contribution in [0.25, 0.3) is 0 Å². The number of allylic oxidation sites excluding steroid dienone is 1.